The van der Waals surface area contributed by atoms with Gasteiger partial charge in [0.05, 0.1) is 6.61 Å². The lowest BCUT2D eigenvalue weighted by Gasteiger charge is -2.20. The molecule has 1 heterocycles. The second-order valence-electron chi connectivity index (χ2n) is 4.21. The fraction of sp³-hybridized carbons (Fsp3) is 0.750. The van der Waals surface area contributed by atoms with Crippen LogP contribution in [0.3, 0.4) is 0 Å². The van der Waals surface area contributed by atoms with Crippen LogP contribution in [0.5, 0.6) is 0 Å². The van der Waals surface area contributed by atoms with E-state index < -0.39 is 6.10 Å². The van der Waals surface area contributed by atoms with Crippen LogP contribution in [-0.4, -0.2) is 48.3 Å². The van der Waals surface area contributed by atoms with Gasteiger partial charge in [-0.25, -0.2) is 0 Å². The Morgan fingerprint density at radius 1 is 1.75 bits per heavy atom. The van der Waals surface area contributed by atoms with Gasteiger partial charge in [-0.15, -0.1) is 6.58 Å². The summed E-state index contributed by atoms with van der Waals surface area (Å²) in [4.78, 5) is 13.7. The fourth-order valence-corrected chi connectivity index (χ4v) is 1.84. The smallest absolute Gasteiger partial charge is 0.251 e. The predicted octanol–water partition coefficient (Wildman–Crippen LogP) is 0.808. The van der Waals surface area contributed by atoms with Gasteiger partial charge in [-0.1, -0.05) is 6.08 Å². The molecule has 1 aliphatic rings. The normalized spacial score (nSPS) is 22.1. The maximum absolute atomic E-state index is 11.9. The lowest BCUT2D eigenvalue weighted by molar-refractivity contribution is -0.141. The van der Waals surface area contributed by atoms with Crippen LogP contribution in [0.4, 0.5) is 0 Å². The molecule has 2 unspecified atom stereocenters. The summed E-state index contributed by atoms with van der Waals surface area (Å²) < 4.78 is 5.40. The van der Waals surface area contributed by atoms with E-state index in [1.165, 1.54) is 0 Å². The fourth-order valence-electron chi connectivity index (χ4n) is 1.84. The van der Waals surface area contributed by atoms with Crippen LogP contribution in [0.25, 0.3) is 0 Å². The SMILES string of the molecule is C=CCCOC(C)C(=O)N1CCC(CO)C1. The van der Waals surface area contributed by atoms with Gasteiger partial charge in [0.15, 0.2) is 0 Å². The first-order valence-electron chi connectivity index (χ1n) is 5.81. The summed E-state index contributed by atoms with van der Waals surface area (Å²) in [5.74, 6) is 0.268. The molecule has 0 aliphatic carbocycles. The Morgan fingerprint density at radius 2 is 2.50 bits per heavy atom. The van der Waals surface area contributed by atoms with Crippen LogP contribution in [0, 0.1) is 5.92 Å². The summed E-state index contributed by atoms with van der Waals surface area (Å²) in [5, 5.41) is 9.00. The summed E-state index contributed by atoms with van der Waals surface area (Å²) in [6.45, 7) is 7.46. The summed E-state index contributed by atoms with van der Waals surface area (Å²) in [6, 6.07) is 0. The molecule has 1 N–H and O–H groups in total. The van der Waals surface area contributed by atoms with Gasteiger partial charge in [0.1, 0.15) is 6.10 Å². The molecule has 92 valence electrons. The number of carbonyl (C=O) groups is 1. The Labute approximate surface area is 96.9 Å². The van der Waals surface area contributed by atoms with Crippen molar-refractivity contribution in [3.63, 3.8) is 0 Å². The van der Waals surface area contributed by atoms with E-state index in [2.05, 4.69) is 6.58 Å². The number of amides is 1. The van der Waals surface area contributed by atoms with Crippen molar-refractivity contribution >= 4 is 5.91 Å². The van der Waals surface area contributed by atoms with E-state index in [0.29, 0.717) is 13.2 Å². The van der Waals surface area contributed by atoms with Crippen LogP contribution in [-0.2, 0) is 9.53 Å². The van der Waals surface area contributed by atoms with Crippen molar-refractivity contribution < 1.29 is 14.6 Å². The first kappa shape index (κ1) is 13.2. The molecule has 0 aromatic rings. The summed E-state index contributed by atoms with van der Waals surface area (Å²) in [6.07, 6.45) is 3.03. The number of rotatable bonds is 6. The zero-order chi connectivity index (χ0) is 12.0. The minimum Gasteiger partial charge on any atom is -0.396 e. The Bertz CT molecular complexity index is 242. The molecular weight excluding hydrogens is 206 g/mol. The topological polar surface area (TPSA) is 49.8 Å². The third kappa shape index (κ3) is 3.61. The molecule has 16 heavy (non-hydrogen) atoms. The molecule has 1 saturated heterocycles. The maximum Gasteiger partial charge on any atom is 0.251 e. The van der Waals surface area contributed by atoms with Crippen molar-refractivity contribution in [2.45, 2.75) is 25.9 Å². The molecule has 2 atom stereocenters. The zero-order valence-electron chi connectivity index (χ0n) is 9.89. The van der Waals surface area contributed by atoms with Crippen LogP contribution in [0.15, 0.2) is 12.7 Å². The van der Waals surface area contributed by atoms with Crippen molar-refractivity contribution in [2.75, 3.05) is 26.3 Å². The molecule has 4 heteroatoms. The summed E-state index contributed by atoms with van der Waals surface area (Å²) in [7, 11) is 0. The zero-order valence-corrected chi connectivity index (χ0v) is 9.89. The number of hydrogen-bond acceptors (Lipinski definition) is 3. The first-order chi connectivity index (χ1) is 7.69. The first-order valence-corrected chi connectivity index (χ1v) is 5.81. The highest BCUT2D eigenvalue weighted by atomic mass is 16.5. The highest BCUT2D eigenvalue weighted by Gasteiger charge is 2.28. The summed E-state index contributed by atoms with van der Waals surface area (Å²) in [5.41, 5.74) is 0. The molecule has 0 spiro atoms. The van der Waals surface area contributed by atoms with Crippen molar-refractivity contribution in [1.82, 2.24) is 4.90 Å². The molecule has 1 aliphatic heterocycles. The van der Waals surface area contributed by atoms with E-state index in [9.17, 15) is 4.79 Å². The van der Waals surface area contributed by atoms with E-state index in [1.807, 2.05) is 0 Å². The Morgan fingerprint density at radius 3 is 3.06 bits per heavy atom. The Balaban J connectivity index is 2.30. The van der Waals surface area contributed by atoms with Crippen LogP contribution in [0.2, 0.25) is 0 Å². The van der Waals surface area contributed by atoms with Gasteiger partial charge in [0, 0.05) is 25.6 Å². The average molecular weight is 227 g/mol. The van der Waals surface area contributed by atoms with E-state index in [0.717, 1.165) is 19.4 Å². The van der Waals surface area contributed by atoms with E-state index >= 15 is 0 Å². The minimum atomic E-state index is -0.391. The molecule has 0 bridgehead atoms. The molecular formula is C12H21NO3. The van der Waals surface area contributed by atoms with E-state index in [-0.39, 0.29) is 18.4 Å². The number of aliphatic hydroxyl groups excluding tert-OH is 1. The van der Waals surface area contributed by atoms with E-state index in [1.54, 1.807) is 17.9 Å². The average Bonchev–Trinajstić information content (AvgIpc) is 2.76. The van der Waals surface area contributed by atoms with Gasteiger partial charge in [0.25, 0.3) is 5.91 Å². The van der Waals surface area contributed by atoms with Gasteiger partial charge >= 0.3 is 0 Å². The Kier molecular flexibility index (Phi) is 5.49. The molecule has 1 fully saturated rings. The van der Waals surface area contributed by atoms with Crippen molar-refractivity contribution in [3.05, 3.63) is 12.7 Å². The second-order valence-corrected chi connectivity index (χ2v) is 4.21. The minimum absolute atomic E-state index is 0.0278. The molecule has 1 amide bonds. The third-order valence-corrected chi connectivity index (χ3v) is 2.89. The molecule has 1 rings (SSSR count). The van der Waals surface area contributed by atoms with Gasteiger partial charge in [-0.05, 0) is 19.8 Å². The van der Waals surface area contributed by atoms with Gasteiger partial charge < -0.3 is 14.7 Å². The van der Waals surface area contributed by atoms with Gasteiger partial charge in [-0.3, -0.25) is 4.79 Å². The number of nitrogens with zero attached hydrogens (tertiary/aromatic N) is 1. The van der Waals surface area contributed by atoms with Crippen molar-refractivity contribution in [2.24, 2.45) is 5.92 Å². The number of likely N-dealkylation sites (tertiary alicyclic amines) is 1. The lowest BCUT2D eigenvalue weighted by atomic mass is 10.1. The van der Waals surface area contributed by atoms with Gasteiger partial charge in [0.2, 0.25) is 0 Å². The monoisotopic (exact) mass is 227 g/mol. The summed E-state index contributed by atoms with van der Waals surface area (Å²) >= 11 is 0. The maximum atomic E-state index is 11.9. The van der Waals surface area contributed by atoms with Crippen molar-refractivity contribution in [3.8, 4) is 0 Å². The van der Waals surface area contributed by atoms with E-state index in [4.69, 9.17) is 9.84 Å². The third-order valence-electron chi connectivity index (χ3n) is 2.89. The predicted molar refractivity (Wildman–Crippen MR) is 62.0 cm³/mol. The van der Waals surface area contributed by atoms with Crippen LogP contribution < -0.4 is 0 Å². The van der Waals surface area contributed by atoms with Crippen molar-refractivity contribution in [1.29, 1.82) is 0 Å². The highest BCUT2D eigenvalue weighted by molar-refractivity contribution is 5.80. The molecule has 0 aromatic carbocycles. The quantitative estimate of drug-likeness (QED) is 0.539. The lowest BCUT2D eigenvalue weighted by Crippen LogP contribution is -2.37. The molecule has 0 aromatic heterocycles. The number of ether oxygens (including phenoxy) is 1. The number of carbonyl (C=O) groups excluding carboxylic acids is 1. The largest absolute Gasteiger partial charge is 0.396 e. The second kappa shape index (κ2) is 6.66. The number of aliphatic hydroxyl groups is 1. The molecule has 0 radical (unpaired) electrons. The molecule has 0 saturated carbocycles. The van der Waals surface area contributed by atoms with Gasteiger partial charge in [-0.2, -0.15) is 0 Å². The highest BCUT2D eigenvalue weighted by Crippen LogP contribution is 2.16. The number of hydrogen-bond donors (Lipinski definition) is 1. The Hall–Kier alpha value is -0.870. The van der Waals surface area contributed by atoms with Crippen LogP contribution in [0.1, 0.15) is 19.8 Å². The standard InChI is InChI=1S/C12H21NO3/c1-3-4-7-16-10(2)12(15)13-6-5-11(8-13)9-14/h3,10-11,14H,1,4-9H2,2H3. The van der Waals surface area contributed by atoms with Crippen LogP contribution >= 0.6 is 0 Å². The molecule has 4 nitrogen and oxygen atoms in total.